The van der Waals surface area contributed by atoms with Crippen LogP contribution in [0.5, 0.6) is 0 Å². The molecule has 1 aromatic rings. The Morgan fingerprint density at radius 3 is 2.50 bits per heavy atom. The molecule has 2 rings (SSSR count). The second kappa shape index (κ2) is 6.91. The molecule has 7 nitrogen and oxygen atoms in total. The van der Waals surface area contributed by atoms with Crippen LogP contribution in [0.25, 0.3) is 0 Å². The molecular formula is C15H23N3O4. The number of aliphatic hydroxyl groups excluding tert-OH is 1. The van der Waals surface area contributed by atoms with Gasteiger partial charge >= 0.3 is 5.69 Å². The third-order valence-corrected chi connectivity index (χ3v) is 4.07. The van der Waals surface area contributed by atoms with E-state index in [0.717, 1.165) is 25.3 Å². The van der Waals surface area contributed by atoms with Gasteiger partial charge in [0.15, 0.2) is 0 Å². The average Bonchev–Trinajstić information content (AvgIpc) is 2.45. The molecule has 0 unspecified atom stereocenters. The van der Waals surface area contributed by atoms with E-state index in [1.165, 1.54) is 0 Å². The number of aromatic nitrogens is 2. The summed E-state index contributed by atoms with van der Waals surface area (Å²) in [6.07, 6.45) is 1.89. The molecule has 1 amide bonds. The molecule has 22 heavy (non-hydrogen) atoms. The van der Waals surface area contributed by atoms with Gasteiger partial charge in [0, 0.05) is 19.2 Å². The number of aliphatic hydroxyl groups is 1. The fraction of sp³-hybridized carbons (Fsp3) is 0.667. The Kier molecular flexibility index (Phi) is 5.18. The van der Waals surface area contributed by atoms with Gasteiger partial charge in [-0.1, -0.05) is 13.8 Å². The summed E-state index contributed by atoms with van der Waals surface area (Å²) >= 11 is 0. The van der Waals surface area contributed by atoms with E-state index in [0.29, 0.717) is 19.0 Å². The normalized spacial score (nSPS) is 17.7. The highest BCUT2D eigenvalue weighted by molar-refractivity contribution is 5.92. The van der Waals surface area contributed by atoms with Crippen molar-refractivity contribution in [1.29, 1.82) is 0 Å². The van der Waals surface area contributed by atoms with Crippen LogP contribution in [0, 0.1) is 11.8 Å². The first-order chi connectivity index (χ1) is 10.4. The van der Waals surface area contributed by atoms with Gasteiger partial charge < -0.3 is 15.0 Å². The van der Waals surface area contributed by atoms with Crippen LogP contribution in [-0.4, -0.2) is 45.1 Å². The number of hydrogen-bond acceptors (Lipinski definition) is 4. The second-order valence-electron chi connectivity index (χ2n) is 6.33. The van der Waals surface area contributed by atoms with E-state index in [-0.39, 0.29) is 23.6 Å². The van der Waals surface area contributed by atoms with Crippen LogP contribution in [0.3, 0.4) is 0 Å². The Labute approximate surface area is 128 Å². The number of carbonyl (C=O) groups excluding carboxylic acids is 1. The van der Waals surface area contributed by atoms with Crippen molar-refractivity contribution in [2.75, 3.05) is 13.1 Å². The van der Waals surface area contributed by atoms with Crippen LogP contribution in [0.4, 0.5) is 0 Å². The van der Waals surface area contributed by atoms with Gasteiger partial charge in [0.05, 0.1) is 6.10 Å². The van der Waals surface area contributed by atoms with E-state index >= 15 is 0 Å². The summed E-state index contributed by atoms with van der Waals surface area (Å²) in [7, 11) is 0. The van der Waals surface area contributed by atoms with Crippen molar-refractivity contribution >= 4 is 5.91 Å². The topological polar surface area (TPSA) is 106 Å². The zero-order chi connectivity index (χ0) is 16.3. The summed E-state index contributed by atoms with van der Waals surface area (Å²) in [5.41, 5.74) is -1.26. The Morgan fingerprint density at radius 1 is 1.32 bits per heavy atom. The van der Waals surface area contributed by atoms with E-state index < -0.39 is 11.2 Å². The first-order valence-corrected chi connectivity index (χ1v) is 7.68. The smallest absolute Gasteiger partial charge is 0.326 e. The average molecular weight is 309 g/mol. The maximum absolute atomic E-state index is 12.3. The van der Waals surface area contributed by atoms with E-state index in [9.17, 15) is 19.5 Å². The molecule has 0 aliphatic carbocycles. The fourth-order valence-electron chi connectivity index (χ4n) is 2.92. The molecule has 7 heteroatoms. The maximum Gasteiger partial charge on any atom is 0.326 e. The number of nitrogens with zero attached hydrogens (tertiary/aromatic N) is 1. The lowest BCUT2D eigenvalue weighted by Crippen LogP contribution is -2.42. The van der Waals surface area contributed by atoms with Crippen molar-refractivity contribution in [3.63, 3.8) is 0 Å². The number of rotatable bonds is 4. The number of nitrogens with one attached hydrogen (secondary N) is 2. The molecule has 1 atom stereocenters. The van der Waals surface area contributed by atoms with Gasteiger partial charge in [-0.3, -0.25) is 14.6 Å². The highest BCUT2D eigenvalue weighted by atomic mass is 16.3. The molecule has 0 bridgehead atoms. The molecule has 1 aliphatic rings. The summed E-state index contributed by atoms with van der Waals surface area (Å²) in [5, 5.41) is 10.2. The van der Waals surface area contributed by atoms with Crippen molar-refractivity contribution in [3.05, 3.63) is 32.6 Å². The molecule has 1 aromatic heterocycles. The quantitative estimate of drug-likeness (QED) is 0.744. The molecule has 0 aromatic carbocycles. The predicted octanol–water partition coefficient (Wildman–Crippen LogP) is 0.322. The van der Waals surface area contributed by atoms with Crippen molar-refractivity contribution in [2.24, 2.45) is 11.8 Å². The predicted molar refractivity (Wildman–Crippen MR) is 81.8 cm³/mol. The molecule has 0 saturated carbocycles. The summed E-state index contributed by atoms with van der Waals surface area (Å²) in [4.78, 5) is 40.8. The van der Waals surface area contributed by atoms with E-state index in [4.69, 9.17) is 0 Å². The van der Waals surface area contributed by atoms with Crippen LogP contribution in [0.15, 0.2) is 15.7 Å². The minimum atomic E-state index is -0.682. The summed E-state index contributed by atoms with van der Waals surface area (Å²) in [6, 6.07) is 1.10. The zero-order valence-electron chi connectivity index (χ0n) is 13.0. The molecular weight excluding hydrogens is 286 g/mol. The summed E-state index contributed by atoms with van der Waals surface area (Å²) < 4.78 is 0. The molecule has 2 heterocycles. The number of likely N-dealkylation sites (tertiary alicyclic amines) is 1. The summed E-state index contributed by atoms with van der Waals surface area (Å²) in [6.45, 7) is 5.19. The van der Waals surface area contributed by atoms with Gasteiger partial charge in [0.25, 0.3) is 11.5 Å². The number of hydrogen-bond donors (Lipinski definition) is 3. The number of carbonyl (C=O) groups is 1. The molecule has 1 fully saturated rings. The molecule has 0 radical (unpaired) electrons. The van der Waals surface area contributed by atoms with Crippen LogP contribution < -0.4 is 11.2 Å². The Bertz CT molecular complexity index is 598. The number of aromatic amines is 2. The fourth-order valence-corrected chi connectivity index (χ4v) is 2.92. The van der Waals surface area contributed by atoms with Crippen LogP contribution in [0.1, 0.15) is 43.6 Å². The standard InChI is InChI=1S/C15H23N3O4/c1-9(2)7-12(19)10-3-5-18(6-4-10)14(21)11-8-13(20)17-15(22)16-11/h8-10,12,19H,3-7H2,1-2H3,(H2,16,17,20,22)/t12-/m0/s1. The molecule has 3 N–H and O–H groups in total. The van der Waals surface area contributed by atoms with Crippen molar-refractivity contribution in [2.45, 2.75) is 39.2 Å². The molecule has 0 spiro atoms. The van der Waals surface area contributed by atoms with Crippen molar-refractivity contribution in [1.82, 2.24) is 14.9 Å². The lowest BCUT2D eigenvalue weighted by Gasteiger charge is -2.34. The van der Waals surface area contributed by atoms with Crippen LogP contribution >= 0.6 is 0 Å². The number of amides is 1. The first-order valence-electron chi connectivity index (χ1n) is 7.68. The third-order valence-electron chi connectivity index (χ3n) is 4.07. The van der Waals surface area contributed by atoms with Crippen LogP contribution in [0.2, 0.25) is 0 Å². The Hall–Kier alpha value is -1.89. The van der Waals surface area contributed by atoms with Gasteiger partial charge in [-0.05, 0) is 31.1 Å². The van der Waals surface area contributed by atoms with E-state index in [1.54, 1.807) is 4.90 Å². The lowest BCUT2D eigenvalue weighted by atomic mass is 9.87. The molecule has 122 valence electrons. The van der Waals surface area contributed by atoms with Gasteiger partial charge in [0.1, 0.15) is 5.69 Å². The van der Waals surface area contributed by atoms with E-state index in [2.05, 4.69) is 18.8 Å². The molecule has 1 aliphatic heterocycles. The third kappa shape index (κ3) is 4.07. The van der Waals surface area contributed by atoms with E-state index in [1.807, 2.05) is 4.98 Å². The highest BCUT2D eigenvalue weighted by Gasteiger charge is 2.28. The highest BCUT2D eigenvalue weighted by Crippen LogP contribution is 2.25. The largest absolute Gasteiger partial charge is 0.393 e. The van der Waals surface area contributed by atoms with Gasteiger partial charge in [0.2, 0.25) is 0 Å². The van der Waals surface area contributed by atoms with Gasteiger partial charge in [-0.15, -0.1) is 0 Å². The van der Waals surface area contributed by atoms with Gasteiger partial charge in [-0.25, -0.2) is 4.79 Å². The zero-order valence-corrected chi connectivity index (χ0v) is 13.0. The van der Waals surface area contributed by atoms with Crippen molar-refractivity contribution in [3.8, 4) is 0 Å². The molecule has 1 saturated heterocycles. The number of piperidine rings is 1. The minimum Gasteiger partial charge on any atom is -0.393 e. The first kappa shape index (κ1) is 16.5. The summed E-state index contributed by atoms with van der Waals surface area (Å²) in [5.74, 6) is 0.292. The van der Waals surface area contributed by atoms with Crippen LogP contribution in [-0.2, 0) is 0 Å². The SMILES string of the molecule is CC(C)C[C@H](O)C1CCN(C(=O)c2cc(=O)[nH]c(=O)[nH]2)CC1. The number of H-pyrrole nitrogens is 2. The van der Waals surface area contributed by atoms with Gasteiger partial charge in [-0.2, -0.15) is 0 Å². The second-order valence-corrected chi connectivity index (χ2v) is 6.33. The van der Waals surface area contributed by atoms with Crippen molar-refractivity contribution < 1.29 is 9.90 Å². The Balaban J connectivity index is 1.98. The minimum absolute atomic E-state index is 0.00919. The lowest BCUT2D eigenvalue weighted by molar-refractivity contribution is 0.0382. The monoisotopic (exact) mass is 309 g/mol. The maximum atomic E-state index is 12.3. The Morgan fingerprint density at radius 2 is 1.95 bits per heavy atom.